The Hall–Kier alpha value is -1.71. The van der Waals surface area contributed by atoms with Crippen LogP contribution < -0.4 is 10.6 Å². The van der Waals surface area contributed by atoms with Crippen molar-refractivity contribution in [3.05, 3.63) is 30.3 Å². The number of rotatable bonds is 3. The number of nitrogens with zero attached hydrogens (tertiary/aromatic N) is 3. The Bertz CT molecular complexity index is 491. The molecule has 120 valence electrons. The van der Waals surface area contributed by atoms with Gasteiger partial charge in [0.15, 0.2) is 5.96 Å². The second kappa shape index (κ2) is 7.03. The molecule has 0 spiro atoms. The Morgan fingerprint density at radius 3 is 2.59 bits per heavy atom. The van der Waals surface area contributed by atoms with Crippen LogP contribution in [0.25, 0.3) is 0 Å². The van der Waals surface area contributed by atoms with Crippen molar-refractivity contribution < 1.29 is 0 Å². The molecular formula is C18H28N4. The molecule has 0 aliphatic carbocycles. The van der Waals surface area contributed by atoms with E-state index in [0.29, 0.717) is 5.92 Å². The molecule has 4 nitrogen and oxygen atoms in total. The SMILES string of the molecule is CC1CCN(C(N)=NCC2CCN(c3ccccc3)C2)CC1. The van der Waals surface area contributed by atoms with Gasteiger partial charge in [-0.1, -0.05) is 25.1 Å². The maximum Gasteiger partial charge on any atom is 0.191 e. The second-order valence-corrected chi connectivity index (χ2v) is 6.80. The van der Waals surface area contributed by atoms with Crippen molar-refractivity contribution in [3.63, 3.8) is 0 Å². The number of nitrogens with two attached hydrogens (primary N) is 1. The van der Waals surface area contributed by atoms with Crippen LogP contribution in [-0.2, 0) is 0 Å². The van der Waals surface area contributed by atoms with Crippen LogP contribution in [-0.4, -0.2) is 43.6 Å². The van der Waals surface area contributed by atoms with E-state index in [0.717, 1.165) is 44.6 Å². The lowest BCUT2D eigenvalue weighted by Crippen LogP contribution is -2.42. The second-order valence-electron chi connectivity index (χ2n) is 6.80. The summed E-state index contributed by atoms with van der Waals surface area (Å²) in [6.45, 7) is 7.54. The number of benzene rings is 1. The summed E-state index contributed by atoms with van der Waals surface area (Å²) < 4.78 is 0. The Labute approximate surface area is 134 Å². The van der Waals surface area contributed by atoms with Crippen molar-refractivity contribution >= 4 is 11.6 Å². The maximum absolute atomic E-state index is 6.18. The van der Waals surface area contributed by atoms with Gasteiger partial charge in [0.05, 0.1) is 0 Å². The maximum atomic E-state index is 6.18. The number of hydrogen-bond acceptors (Lipinski definition) is 2. The van der Waals surface area contributed by atoms with E-state index >= 15 is 0 Å². The van der Waals surface area contributed by atoms with E-state index in [1.807, 2.05) is 0 Å². The first kappa shape index (κ1) is 15.2. The minimum absolute atomic E-state index is 0.627. The first-order valence-electron chi connectivity index (χ1n) is 8.57. The molecule has 2 heterocycles. The van der Waals surface area contributed by atoms with Gasteiger partial charge in [-0.3, -0.25) is 4.99 Å². The Morgan fingerprint density at radius 1 is 1.14 bits per heavy atom. The summed E-state index contributed by atoms with van der Waals surface area (Å²) >= 11 is 0. The zero-order valence-electron chi connectivity index (χ0n) is 13.6. The first-order chi connectivity index (χ1) is 10.7. The summed E-state index contributed by atoms with van der Waals surface area (Å²) in [6.07, 6.45) is 3.69. The van der Waals surface area contributed by atoms with Crippen molar-refractivity contribution in [1.82, 2.24) is 4.90 Å². The van der Waals surface area contributed by atoms with Crippen molar-refractivity contribution in [2.45, 2.75) is 26.2 Å². The molecule has 0 amide bonds. The lowest BCUT2D eigenvalue weighted by molar-refractivity contribution is 0.277. The van der Waals surface area contributed by atoms with Gasteiger partial charge in [0.1, 0.15) is 0 Å². The molecule has 3 rings (SSSR count). The molecule has 0 bridgehead atoms. The highest BCUT2D eigenvalue weighted by molar-refractivity contribution is 5.78. The molecule has 4 heteroatoms. The largest absolute Gasteiger partial charge is 0.371 e. The standard InChI is InChI=1S/C18H28N4/c1-15-7-10-21(11-8-15)18(19)20-13-16-9-12-22(14-16)17-5-3-2-4-6-17/h2-6,15-16H,7-14H2,1H3,(H2,19,20). The van der Waals surface area contributed by atoms with Crippen molar-refractivity contribution in [3.8, 4) is 0 Å². The third kappa shape index (κ3) is 3.73. The Balaban J connectivity index is 1.49. The minimum Gasteiger partial charge on any atom is -0.371 e. The third-order valence-electron chi connectivity index (χ3n) is 5.03. The zero-order chi connectivity index (χ0) is 15.4. The van der Waals surface area contributed by atoms with E-state index in [1.165, 1.54) is 24.9 Å². The van der Waals surface area contributed by atoms with Gasteiger partial charge in [0.2, 0.25) is 0 Å². The molecular weight excluding hydrogens is 272 g/mol. The van der Waals surface area contributed by atoms with E-state index in [2.05, 4.69) is 52.0 Å². The number of para-hydroxylation sites is 1. The van der Waals surface area contributed by atoms with Crippen LogP contribution in [0.3, 0.4) is 0 Å². The normalized spacial score (nSPS) is 24.0. The van der Waals surface area contributed by atoms with Gasteiger partial charge in [-0.25, -0.2) is 0 Å². The molecule has 0 aromatic heterocycles. The first-order valence-corrected chi connectivity index (χ1v) is 8.57. The summed E-state index contributed by atoms with van der Waals surface area (Å²) in [5.74, 6) is 2.21. The van der Waals surface area contributed by atoms with Crippen LogP contribution in [0.15, 0.2) is 35.3 Å². The Kier molecular flexibility index (Phi) is 4.86. The number of guanidine groups is 1. The molecule has 0 saturated carbocycles. The summed E-state index contributed by atoms with van der Waals surface area (Å²) in [6, 6.07) is 10.7. The summed E-state index contributed by atoms with van der Waals surface area (Å²) in [4.78, 5) is 9.39. The fourth-order valence-electron chi connectivity index (χ4n) is 3.42. The lowest BCUT2D eigenvalue weighted by atomic mass is 10.00. The molecule has 0 radical (unpaired) electrons. The van der Waals surface area contributed by atoms with Crippen LogP contribution in [0.4, 0.5) is 5.69 Å². The van der Waals surface area contributed by atoms with Gasteiger partial charge in [-0.05, 0) is 43.2 Å². The zero-order valence-corrected chi connectivity index (χ0v) is 13.6. The molecule has 2 N–H and O–H groups in total. The monoisotopic (exact) mass is 300 g/mol. The van der Waals surface area contributed by atoms with Crippen molar-refractivity contribution in [2.24, 2.45) is 22.6 Å². The Morgan fingerprint density at radius 2 is 1.86 bits per heavy atom. The lowest BCUT2D eigenvalue weighted by Gasteiger charge is -2.31. The van der Waals surface area contributed by atoms with Crippen LogP contribution in [0.2, 0.25) is 0 Å². The van der Waals surface area contributed by atoms with Crippen LogP contribution in [0.5, 0.6) is 0 Å². The fraction of sp³-hybridized carbons (Fsp3) is 0.611. The highest BCUT2D eigenvalue weighted by Crippen LogP contribution is 2.23. The number of anilines is 1. The molecule has 1 aromatic carbocycles. The molecule has 2 aliphatic rings. The summed E-state index contributed by atoms with van der Waals surface area (Å²) in [7, 11) is 0. The number of piperidine rings is 1. The van der Waals surface area contributed by atoms with Gasteiger partial charge in [-0.15, -0.1) is 0 Å². The number of hydrogen-bond donors (Lipinski definition) is 1. The fourth-order valence-corrected chi connectivity index (χ4v) is 3.42. The van der Waals surface area contributed by atoms with Gasteiger partial charge in [-0.2, -0.15) is 0 Å². The molecule has 1 atom stereocenters. The van der Waals surface area contributed by atoms with E-state index in [4.69, 9.17) is 5.73 Å². The van der Waals surface area contributed by atoms with Crippen molar-refractivity contribution in [1.29, 1.82) is 0 Å². The molecule has 2 saturated heterocycles. The molecule has 2 aliphatic heterocycles. The summed E-state index contributed by atoms with van der Waals surface area (Å²) in [5, 5.41) is 0. The van der Waals surface area contributed by atoms with Crippen LogP contribution >= 0.6 is 0 Å². The molecule has 1 unspecified atom stereocenters. The molecule has 22 heavy (non-hydrogen) atoms. The summed E-state index contributed by atoms with van der Waals surface area (Å²) in [5.41, 5.74) is 7.51. The predicted octanol–water partition coefficient (Wildman–Crippen LogP) is 2.56. The van der Waals surface area contributed by atoms with Gasteiger partial charge in [0, 0.05) is 38.4 Å². The highest BCUT2D eigenvalue weighted by atomic mass is 15.3. The topological polar surface area (TPSA) is 44.9 Å². The van der Waals surface area contributed by atoms with Gasteiger partial charge < -0.3 is 15.5 Å². The molecule has 1 aromatic rings. The van der Waals surface area contributed by atoms with E-state index < -0.39 is 0 Å². The number of likely N-dealkylation sites (tertiary alicyclic amines) is 1. The number of aliphatic imine (C=N–C) groups is 1. The predicted molar refractivity (Wildman–Crippen MR) is 93.2 cm³/mol. The van der Waals surface area contributed by atoms with Gasteiger partial charge in [0.25, 0.3) is 0 Å². The van der Waals surface area contributed by atoms with Crippen LogP contribution in [0.1, 0.15) is 26.2 Å². The average Bonchev–Trinajstić information content (AvgIpc) is 3.03. The van der Waals surface area contributed by atoms with Gasteiger partial charge >= 0.3 is 0 Å². The van der Waals surface area contributed by atoms with E-state index in [-0.39, 0.29) is 0 Å². The third-order valence-corrected chi connectivity index (χ3v) is 5.03. The van der Waals surface area contributed by atoms with E-state index in [9.17, 15) is 0 Å². The van der Waals surface area contributed by atoms with Crippen molar-refractivity contribution in [2.75, 3.05) is 37.6 Å². The van der Waals surface area contributed by atoms with E-state index in [1.54, 1.807) is 0 Å². The highest BCUT2D eigenvalue weighted by Gasteiger charge is 2.23. The molecule has 2 fully saturated rings. The minimum atomic E-state index is 0.627. The quantitative estimate of drug-likeness (QED) is 0.689. The smallest absolute Gasteiger partial charge is 0.191 e. The average molecular weight is 300 g/mol. The van der Waals surface area contributed by atoms with Crippen LogP contribution in [0, 0.1) is 11.8 Å².